The number of aromatic nitrogens is 1. The topological polar surface area (TPSA) is 15.8 Å². The van der Waals surface area contributed by atoms with Crippen molar-refractivity contribution in [1.29, 1.82) is 0 Å². The standard InChI is InChI=1S/C17H16ClNS3/c18-11-5-3-8(4-6-11)12-13-9-1-2-10(7-9)14(13)21-16-15(12)22-17(20)19-16/h3-6,9-10,12-14H,1-2,7H2,(H,19,20). The molecule has 0 radical (unpaired) electrons. The van der Waals surface area contributed by atoms with E-state index in [2.05, 4.69) is 28.9 Å². The van der Waals surface area contributed by atoms with Crippen molar-refractivity contribution in [3.63, 3.8) is 0 Å². The third-order valence-corrected chi connectivity index (χ3v) is 8.92. The predicted octanol–water partition coefficient (Wildman–Crippen LogP) is 6.11. The number of halogens is 1. The van der Waals surface area contributed by atoms with E-state index in [4.69, 9.17) is 23.8 Å². The van der Waals surface area contributed by atoms with E-state index < -0.39 is 0 Å². The van der Waals surface area contributed by atoms with Gasteiger partial charge in [-0.2, -0.15) is 0 Å². The summed E-state index contributed by atoms with van der Waals surface area (Å²) in [7, 11) is 0. The van der Waals surface area contributed by atoms with Crippen LogP contribution in [-0.2, 0) is 0 Å². The van der Waals surface area contributed by atoms with Crippen molar-refractivity contribution < 1.29 is 0 Å². The van der Waals surface area contributed by atoms with Crippen LogP contribution < -0.4 is 0 Å². The molecule has 0 spiro atoms. The van der Waals surface area contributed by atoms with Gasteiger partial charge in [-0.25, -0.2) is 0 Å². The summed E-state index contributed by atoms with van der Waals surface area (Å²) in [6, 6.07) is 8.51. The molecule has 1 N–H and O–H groups in total. The third kappa shape index (κ3) is 2.00. The van der Waals surface area contributed by atoms with Crippen LogP contribution in [0.1, 0.15) is 35.6 Å². The summed E-state index contributed by atoms with van der Waals surface area (Å²) in [5.74, 6) is 3.09. The zero-order valence-corrected chi connectivity index (χ0v) is 15.1. The molecule has 3 aliphatic rings. The molecule has 5 rings (SSSR count). The maximum absolute atomic E-state index is 6.10. The molecule has 0 saturated heterocycles. The Labute approximate surface area is 148 Å². The first-order chi connectivity index (χ1) is 10.7. The van der Waals surface area contributed by atoms with Gasteiger partial charge in [-0.15, -0.1) is 23.1 Å². The minimum Gasteiger partial charge on any atom is -0.332 e. The summed E-state index contributed by atoms with van der Waals surface area (Å²) in [4.78, 5) is 4.91. The predicted molar refractivity (Wildman–Crippen MR) is 96.8 cm³/mol. The molecule has 114 valence electrons. The van der Waals surface area contributed by atoms with E-state index in [1.807, 2.05) is 12.1 Å². The number of nitrogens with one attached hydrogen (secondary N) is 1. The zero-order chi connectivity index (χ0) is 14.8. The molecular weight excluding hydrogens is 350 g/mol. The van der Waals surface area contributed by atoms with E-state index in [0.717, 1.165) is 32.0 Å². The fraction of sp³-hybridized carbons (Fsp3) is 0.471. The average molecular weight is 366 g/mol. The maximum Gasteiger partial charge on any atom is 0.159 e. The molecule has 2 aromatic rings. The summed E-state index contributed by atoms with van der Waals surface area (Å²) in [6.07, 6.45) is 4.27. The van der Waals surface area contributed by atoms with Crippen molar-refractivity contribution in [1.82, 2.24) is 4.98 Å². The quantitative estimate of drug-likeness (QED) is 0.613. The largest absolute Gasteiger partial charge is 0.332 e. The lowest BCUT2D eigenvalue weighted by atomic mass is 9.75. The highest BCUT2D eigenvalue weighted by atomic mass is 35.5. The van der Waals surface area contributed by atoms with Crippen LogP contribution in [0.2, 0.25) is 5.02 Å². The Hall–Kier alpha value is -0.290. The van der Waals surface area contributed by atoms with Crippen molar-refractivity contribution in [2.24, 2.45) is 17.8 Å². The molecule has 2 heterocycles. The van der Waals surface area contributed by atoms with Gasteiger partial charge in [0.05, 0.1) is 5.03 Å². The maximum atomic E-state index is 6.10. The first-order valence-corrected chi connectivity index (χ1v) is 10.3. The van der Waals surface area contributed by atoms with Crippen LogP contribution in [0.25, 0.3) is 0 Å². The lowest BCUT2D eigenvalue weighted by molar-refractivity contribution is 0.307. The minimum absolute atomic E-state index is 0.506. The van der Waals surface area contributed by atoms with E-state index in [9.17, 15) is 0 Å². The second-order valence-electron chi connectivity index (χ2n) is 6.73. The van der Waals surface area contributed by atoms with Crippen molar-refractivity contribution in [2.45, 2.75) is 35.5 Å². The van der Waals surface area contributed by atoms with Gasteiger partial charge in [0.2, 0.25) is 0 Å². The molecule has 1 aromatic heterocycles. The molecule has 2 bridgehead atoms. The van der Waals surface area contributed by atoms with E-state index in [-0.39, 0.29) is 0 Å². The highest BCUT2D eigenvalue weighted by molar-refractivity contribution is 8.00. The second kappa shape index (κ2) is 5.10. The van der Waals surface area contributed by atoms with Gasteiger partial charge in [0, 0.05) is 21.1 Å². The number of hydrogen-bond donors (Lipinski definition) is 1. The number of H-pyrrole nitrogens is 1. The van der Waals surface area contributed by atoms with Crippen molar-refractivity contribution in [3.05, 3.63) is 43.7 Å². The van der Waals surface area contributed by atoms with Crippen LogP contribution in [-0.4, -0.2) is 10.2 Å². The third-order valence-electron chi connectivity index (χ3n) is 5.69. The molecule has 1 nitrogen and oxygen atoms in total. The van der Waals surface area contributed by atoms with Gasteiger partial charge >= 0.3 is 0 Å². The number of thiazole rings is 1. The molecule has 2 saturated carbocycles. The molecular formula is C17H16ClNS3. The highest BCUT2D eigenvalue weighted by Gasteiger charge is 2.54. The van der Waals surface area contributed by atoms with Crippen LogP contribution in [0.15, 0.2) is 29.3 Å². The highest BCUT2D eigenvalue weighted by Crippen LogP contribution is 2.64. The number of rotatable bonds is 1. The number of fused-ring (bicyclic) bond motifs is 6. The first kappa shape index (κ1) is 14.1. The van der Waals surface area contributed by atoms with E-state index in [0.29, 0.717) is 5.92 Å². The van der Waals surface area contributed by atoms with Crippen molar-refractivity contribution >= 4 is 46.9 Å². The lowest BCUT2D eigenvalue weighted by Crippen LogP contribution is -2.33. The Morgan fingerprint density at radius 2 is 1.91 bits per heavy atom. The van der Waals surface area contributed by atoms with Crippen LogP contribution >= 0.6 is 46.9 Å². The summed E-state index contributed by atoms with van der Waals surface area (Å²) in [6.45, 7) is 0. The Morgan fingerprint density at radius 3 is 2.73 bits per heavy atom. The fourth-order valence-electron chi connectivity index (χ4n) is 4.89. The van der Waals surface area contributed by atoms with Gasteiger partial charge in [-0.1, -0.05) is 23.7 Å². The summed E-state index contributed by atoms with van der Waals surface area (Å²) < 4.78 is 0.920. The van der Waals surface area contributed by atoms with E-state index >= 15 is 0 Å². The van der Waals surface area contributed by atoms with Gasteiger partial charge in [0.15, 0.2) is 3.95 Å². The molecule has 0 amide bonds. The molecule has 2 aliphatic carbocycles. The van der Waals surface area contributed by atoms with Gasteiger partial charge < -0.3 is 4.98 Å². The Balaban J connectivity index is 1.68. The van der Waals surface area contributed by atoms with Gasteiger partial charge in [0.25, 0.3) is 0 Å². The van der Waals surface area contributed by atoms with Crippen LogP contribution in [0, 0.1) is 21.7 Å². The molecule has 5 heteroatoms. The molecule has 5 unspecified atom stereocenters. The van der Waals surface area contributed by atoms with Crippen LogP contribution in [0.4, 0.5) is 0 Å². The number of thioether (sulfide) groups is 1. The lowest BCUT2D eigenvalue weighted by Gasteiger charge is -2.40. The summed E-state index contributed by atoms with van der Waals surface area (Å²) in [5, 5.41) is 2.93. The molecule has 5 atom stereocenters. The Morgan fingerprint density at radius 1 is 1.14 bits per heavy atom. The number of benzene rings is 1. The Bertz CT molecular complexity index is 778. The fourth-order valence-corrected chi connectivity index (χ4v) is 8.36. The van der Waals surface area contributed by atoms with Crippen LogP contribution in [0.5, 0.6) is 0 Å². The van der Waals surface area contributed by atoms with Gasteiger partial charge in [-0.05, 0) is 66.9 Å². The van der Waals surface area contributed by atoms with Crippen molar-refractivity contribution in [3.8, 4) is 0 Å². The zero-order valence-electron chi connectivity index (χ0n) is 11.9. The second-order valence-corrected chi connectivity index (χ2v) is 10.1. The molecule has 1 aromatic carbocycles. The monoisotopic (exact) mass is 365 g/mol. The minimum atomic E-state index is 0.506. The van der Waals surface area contributed by atoms with Crippen LogP contribution in [0.3, 0.4) is 0 Å². The van der Waals surface area contributed by atoms with E-state index in [1.165, 1.54) is 34.7 Å². The smallest absolute Gasteiger partial charge is 0.159 e. The van der Waals surface area contributed by atoms with Gasteiger partial charge in [-0.3, -0.25) is 0 Å². The normalized spacial score (nSPS) is 35.4. The van der Waals surface area contributed by atoms with Gasteiger partial charge in [0.1, 0.15) is 0 Å². The summed E-state index contributed by atoms with van der Waals surface area (Å²) in [5.41, 5.74) is 1.42. The SMILES string of the molecule is S=c1[nH]c2c(s1)C(c1ccc(Cl)cc1)C1C3CCC(C3)C1S2. The number of aromatic amines is 1. The van der Waals surface area contributed by atoms with Crippen molar-refractivity contribution in [2.75, 3.05) is 0 Å². The molecule has 1 aliphatic heterocycles. The van der Waals surface area contributed by atoms with E-state index in [1.54, 1.807) is 11.3 Å². The Kier molecular flexibility index (Phi) is 3.27. The molecule has 2 fully saturated rings. The first-order valence-electron chi connectivity index (χ1n) is 7.86. The summed E-state index contributed by atoms with van der Waals surface area (Å²) >= 11 is 15.4. The number of hydrogen-bond acceptors (Lipinski definition) is 3. The molecule has 22 heavy (non-hydrogen) atoms. The average Bonchev–Trinajstić information content (AvgIpc) is 3.19.